The van der Waals surface area contributed by atoms with Crippen LogP contribution in [0.15, 0.2) is 16.1 Å². The van der Waals surface area contributed by atoms with Crippen LogP contribution in [-0.2, 0) is 4.79 Å². The molecule has 2 aliphatic rings. The average molecular weight is 303 g/mol. The molecule has 0 unspecified atom stereocenters. The molecule has 1 saturated carbocycles. The highest BCUT2D eigenvalue weighted by molar-refractivity contribution is 5.88. The molecule has 0 radical (unpaired) electrons. The van der Waals surface area contributed by atoms with Crippen LogP contribution in [-0.4, -0.2) is 33.6 Å². The van der Waals surface area contributed by atoms with E-state index in [1.165, 1.54) is 24.8 Å². The third kappa shape index (κ3) is 3.23. The molecule has 22 heavy (non-hydrogen) atoms. The van der Waals surface area contributed by atoms with Crippen LogP contribution in [0.2, 0.25) is 0 Å². The lowest BCUT2D eigenvalue weighted by Crippen LogP contribution is -2.45. The zero-order valence-corrected chi connectivity index (χ0v) is 13.5. The summed E-state index contributed by atoms with van der Waals surface area (Å²) in [6.07, 6.45) is 9.79. The van der Waals surface area contributed by atoms with Crippen LogP contribution in [0.25, 0.3) is 0 Å². The van der Waals surface area contributed by atoms with Gasteiger partial charge < -0.3 is 9.32 Å². The summed E-state index contributed by atoms with van der Waals surface area (Å²) in [4.78, 5) is 14.6. The highest BCUT2D eigenvalue weighted by atomic mass is 16.4. The number of allylic oxidation sites excluding steroid dienone is 1. The first-order valence-electron chi connectivity index (χ1n) is 8.45. The van der Waals surface area contributed by atoms with Gasteiger partial charge in [0.25, 0.3) is 0 Å². The third-order valence-corrected chi connectivity index (χ3v) is 4.95. The molecule has 2 atom stereocenters. The highest BCUT2D eigenvalue weighted by Crippen LogP contribution is 2.32. The number of hydrogen-bond donors (Lipinski definition) is 0. The van der Waals surface area contributed by atoms with Gasteiger partial charge in [0, 0.05) is 25.6 Å². The molecule has 5 nitrogen and oxygen atoms in total. The Morgan fingerprint density at radius 2 is 2.00 bits per heavy atom. The van der Waals surface area contributed by atoms with Gasteiger partial charge in [0.15, 0.2) is 0 Å². The third-order valence-electron chi connectivity index (χ3n) is 4.95. The molecule has 0 spiro atoms. The van der Waals surface area contributed by atoms with Crippen LogP contribution < -0.4 is 0 Å². The average Bonchev–Trinajstić information content (AvgIpc) is 2.94. The lowest BCUT2D eigenvalue weighted by atomic mass is 9.89. The summed E-state index contributed by atoms with van der Waals surface area (Å²) in [5.74, 6) is 1.58. The minimum Gasteiger partial charge on any atom is -0.425 e. The van der Waals surface area contributed by atoms with Crippen LogP contribution >= 0.6 is 0 Å². The van der Waals surface area contributed by atoms with Crippen LogP contribution in [0.5, 0.6) is 0 Å². The largest absolute Gasteiger partial charge is 0.425 e. The quantitative estimate of drug-likeness (QED) is 0.786. The van der Waals surface area contributed by atoms with E-state index in [0.717, 1.165) is 32.2 Å². The number of hydrogen-bond acceptors (Lipinski definition) is 4. The number of nitrogens with zero attached hydrogens (tertiary/aromatic N) is 3. The Bertz CT molecular complexity index is 556. The SMILES string of the molecule is Cc1nnc([C@H]2CCCN(C(=O)C=C3CCCCC3)[C@H]2C)o1. The Hall–Kier alpha value is -1.65. The smallest absolute Gasteiger partial charge is 0.246 e. The maximum Gasteiger partial charge on any atom is 0.246 e. The fraction of sp³-hybridized carbons (Fsp3) is 0.706. The van der Waals surface area contributed by atoms with Gasteiger partial charge in [0.1, 0.15) is 0 Å². The van der Waals surface area contributed by atoms with E-state index in [4.69, 9.17) is 4.42 Å². The predicted octanol–water partition coefficient (Wildman–Crippen LogP) is 3.36. The van der Waals surface area contributed by atoms with Gasteiger partial charge in [-0.05, 0) is 45.4 Å². The van der Waals surface area contributed by atoms with E-state index in [1.54, 1.807) is 6.92 Å². The number of amides is 1. The molecular weight excluding hydrogens is 278 g/mol. The van der Waals surface area contributed by atoms with Crippen LogP contribution in [0.1, 0.15) is 69.6 Å². The number of piperidine rings is 1. The summed E-state index contributed by atoms with van der Waals surface area (Å²) < 4.78 is 5.60. The highest BCUT2D eigenvalue weighted by Gasteiger charge is 2.34. The fourth-order valence-corrected chi connectivity index (χ4v) is 3.65. The van der Waals surface area contributed by atoms with Crippen molar-refractivity contribution in [1.82, 2.24) is 15.1 Å². The van der Waals surface area contributed by atoms with Crippen LogP contribution in [0.4, 0.5) is 0 Å². The molecule has 5 heteroatoms. The number of likely N-dealkylation sites (tertiary alicyclic amines) is 1. The van der Waals surface area contributed by atoms with Crippen LogP contribution in [0.3, 0.4) is 0 Å². The van der Waals surface area contributed by atoms with Gasteiger partial charge in [-0.3, -0.25) is 4.79 Å². The monoisotopic (exact) mass is 303 g/mol. The Labute approximate surface area is 131 Å². The lowest BCUT2D eigenvalue weighted by molar-refractivity contribution is -0.129. The van der Waals surface area contributed by atoms with Crippen LogP contribution in [0, 0.1) is 6.92 Å². The molecule has 1 aliphatic heterocycles. The van der Waals surface area contributed by atoms with E-state index in [9.17, 15) is 4.79 Å². The molecule has 2 fully saturated rings. The first-order chi connectivity index (χ1) is 10.6. The van der Waals surface area contributed by atoms with Gasteiger partial charge in [0.05, 0.1) is 5.92 Å². The van der Waals surface area contributed by atoms with E-state index in [-0.39, 0.29) is 17.9 Å². The van der Waals surface area contributed by atoms with Crippen molar-refractivity contribution < 1.29 is 9.21 Å². The molecule has 120 valence electrons. The number of carbonyl (C=O) groups is 1. The van der Waals surface area contributed by atoms with Crippen molar-refractivity contribution in [2.24, 2.45) is 0 Å². The summed E-state index contributed by atoms with van der Waals surface area (Å²) in [6.45, 7) is 4.73. The van der Waals surface area contributed by atoms with E-state index in [0.29, 0.717) is 11.8 Å². The van der Waals surface area contributed by atoms with E-state index >= 15 is 0 Å². The Balaban J connectivity index is 1.71. The number of aryl methyl sites for hydroxylation is 1. The fourth-order valence-electron chi connectivity index (χ4n) is 3.65. The summed E-state index contributed by atoms with van der Waals surface area (Å²) >= 11 is 0. The van der Waals surface area contributed by atoms with Crippen molar-refractivity contribution in [3.63, 3.8) is 0 Å². The van der Waals surface area contributed by atoms with Crippen molar-refractivity contribution in [3.8, 4) is 0 Å². The summed E-state index contributed by atoms with van der Waals surface area (Å²) in [5, 5.41) is 8.09. The Kier molecular flexibility index (Phi) is 4.60. The molecular formula is C17H25N3O2. The minimum atomic E-state index is 0.113. The molecule has 0 bridgehead atoms. The second-order valence-electron chi connectivity index (χ2n) is 6.54. The van der Waals surface area contributed by atoms with E-state index in [1.807, 2.05) is 11.0 Å². The minimum absolute atomic E-state index is 0.113. The second kappa shape index (κ2) is 6.63. The maximum atomic E-state index is 12.6. The van der Waals surface area contributed by atoms with Crippen molar-refractivity contribution in [3.05, 3.63) is 23.4 Å². The van der Waals surface area contributed by atoms with E-state index < -0.39 is 0 Å². The van der Waals surface area contributed by atoms with Crippen molar-refractivity contribution in [2.45, 2.75) is 70.8 Å². The Morgan fingerprint density at radius 1 is 1.23 bits per heavy atom. The van der Waals surface area contributed by atoms with Crippen molar-refractivity contribution >= 4 is 5.91 Å². The molecule has 0 aromatic carbocycles. The molecule has 3 rings (SSSR count). The molecule has 1 aromatic heterocycles. The zero-order valence-electron chi connectivity index (χ0n) is 13.5. The predicted molar refractivity (Wildman–Crippen MR) is 83.4 cm³/mol. The maximum absolute atomic E-state index is 12.6. The van der Waals surface area contributed by atoms with Gasteiger partial charge in [-0.1, -0.05) is 12.0 Å². The van der Waals surface area contributed by atoms with Crippen molar-refractivity contribution in [2.75, 3.05) is 6.54 Å². The molecule has 1 saturated heterocycles. The summed E-state index contributed by atoms with van der Waals surface area (Å²) in [5.41, 5.74) is 1.32. The second-order valence-corrected chi connectivity index (χ2v) is 6.54. The van der Waals surface area contributed by atoms with Gasteiger partial charge in [0.2, 0.25) is 17.7 Å². The molecule has 0 N–H and O–H groups in total. The lowest BCUT2D eigenvalue weighted by Gasteiger charge is -2.37. The normalized spacial score (nSPS) is 26.1. The first-order valence-corrected chi connectivity index (χ1v) is 8.45. The summed E-state index contributed by atoms with van der Waals surface area (Å²) in [7, 11) is 0. The van der Waals surface area contributed by atoms with Gasteiger partial charge in [-0.25, -0.2) is 0 Å². The standard InChI is InChI=1S/C17H25N3O2/c1-12-15(17-19-18-13(2)22-17)9-6-10-20(12)16(21)11-14-7-4-3-5-8-14/h11-12,15H,3-10H2,1-2H3/t12-,15-/m0/s1. The van der Waals surface area contributed by atoms with Gasteiger partial charge in [-0.2, -0.15) is 0 Å². The molecule has 2 heterocycles. The Morgan fingerprint density at radius 3 is 2.68 bits per heavy atom. The van der Waals surface area contributed by atoms with Gasteiger partial charge in [-0.15, -0.1) is 10.2 Å². The van der Waals surface area contributed by atoms with Gasteiger partial charge >= 0.3 is 0 Å². The van der Waals surface area contributed by atoms with Crippen molar-refractivity contribution in [1.29, 1.82) is 0 Å². The molecule has 1 aromatic rings. The zero-order chi connectivity index (χ0) is 15.5. The number of rotatable bonds is 2. The topological polar surface area (TPSA) is 59.2 Å². The summed E-state index contributed by atoms with van der Waals surface area (Å²) in [6, 6.07) is 0.113. The number of carbonyl (C=O) groups excluding carboxylic acids is 1. The molecule has 1 aliphatic carbocycles. The first kappa shape index (κ1) is 15.3. The number of aromatic nitrogens is 2. The molecule has 1 amide bonds. The van der Waals surface area contributed by atoms with E-state index in [2.05, 4.69) is 17.1 Å².